The summed E-state index contributed by atoms with van der Waals surface area (Å²) in [5, 5.41) is 6.36. The van der Waals surface area contributed by atoms with Crippen LogP contribution in [0, 0.1) is 0 Å². The molecule has 1 fully saturated rings. The summed E-state index contributed by atoms with van der Waals surface area (Å²) in [6, 6.07) is 0.296. The predicted octanol–water partition coefficient (Wildman–Crippen LogP) is 0.540. The van der Waals surface area contributed by atoms with Gasteiger partial charge in [0.25, 0.3) is 0 Å². The summed E-state index contributed by atoms with van der Waals surface area (Å²) in [6.07, 6.45) is 1.06. The van der Waals surface area contributed by atoms with Crippen molar-refractivity contribution in [3.8, 4) is 0 Å². The number of hydrogen-bond donors (Lipinski definition) is 2. The minimum atomic E-state index is 0.167. The number of carbonyl (C=O) groups excluding carboxylic acids is 1. The van der Waals surface area contributed by atoms with E-state index in [1.165, 1.54) is 0 Å². The summed E-state index contributed by atoms with van der Waals surface area (Å²) < 4.78 is 0. The number of thioether (sulfide) groups is 1. The van der Waals surface area contributed by atoms with Crippen molar-refractivity contribution in [2.75, 3.05) is 44.2 Å². The molecule has 0 radical (unpaired) electrons. The van der Waals surface area contributed by atoms with Gasteiger partial charge in [0.1, 0.15) is 0 Å². The Morgan fingerprint density at radius 3 is 2.82 bits per heavy atom. The Morgan fingerprint density at radius 2 is 2.18 bits per heavy atom. The van der Waals surface area contributed by atoms with E-state index in [1.54, 1.807) is 0 Å². The van der Waals surface area contributed by atoms with Gasteiger partial charge in [0.2, 0.25) is 5.91 Å². The lowest BCUT2D eigenvalue weighted by molar-refractivity contribution is -0.123. The standard InChI is InChI=1S/C12H25N3OS/c1-3-17-9-4-11(2)14-12(16)10-15-7-5-13-6-8-15/h11,13H,3-10H2,1-2H3,(H,14,16). The molecule has 17 heavy (non-hydrogen) atoms. The molecule has 100 valence electrons. The first kappa shape index (κ1) is 14.8. The van der Waals surface area contributed by atoms with Crippen molar-refractivity contribution < 1.29 is 4.79 Å². The Morgan fingerprint density at radius 1 is 1.47 bits per heavy atom. The van der Waals surface area contributed by atoms with Crippen LogP contribution >= 0.6 is 11.8 Å². The molecule has 1 saturated heterocycles. The van der Waals surface area contributed by atoms with Crippen molar-refractivity contribution in [1.82, 2.24) is 15.5 Å². The zero-order chi connectivity index (χ0) is 12.5. The summed E-state index contributed by atoms with van der Waals surface area (Å²) in [5.41, 5.74) is 0. The third kappa shape index (κ3) is 6.91. The van der Waals surface area contributed by atoms with Gasteiger partial charge >= 0.3 is 0 Å². The first-order chi connectivity index (χ1) is 8.22. The van der Waals surface area contributed by atoms with Crippen LogP contribution in [0.25, 0.3) is 0 Å². The minimum absolute atomic E-state index is 0.167. The van der Waals surface area contributed by atoms with E-state index in [1.807, 2.05) is 11.8 Å². The van der Waals surface area contributed by atoms with E-state index in [-0.39, 0.29) is 5.91 Å². The lowest BCUT2D eigenvalue weighted by atomic mass is 10.2. The monoisotopic (exact) mass is 259 g/mol. The minimum Gasteiger partial charge on any atom is -0.353 e. The van der Waals surface area contributed by atoms with Gasteiger partial charge in [0.15, 0.2) is 0 Å². The van der Waals surface area contributed by atoms with Crippen LogP contribution in [0.3, 0.4) is 0 Å². The molecular weight excluding hydrogens is 234 g/mol. The molecular formula is C12H25N3OS. The van der Waals surface area contributed by atoms with Gasteiger partial charge in [0, 0.05) is 32.2 Å². The van der Waals surface area contributed by atoms with Gasteiger partial charge in [-0.25, -0.2) is 0 Å². The summed E-state index contributed by atoms with van der Waals surface area (Å²) in [5.74, 6) is 2.45. The van der Waals surface area contributed by atoms with Crippen LogP contribution in [0.5, 0.6) is 0 Å². The molecule has 0 aromatic carbocycles. The van der Waals surface area contributed by atoms with Crippen molar-refractivity contribution >= 4 is 17.7 Å². The summed E-state index contributed by atoms with van der Waals surface area (Å²) in [4.78, 5) is 14.0. The Balaban J connectivity index is 2.10. The van der Waals surface area contributed by atoms with E-state index in [0.29, 0.717) is 12.6 Å². The van der Waals surface area contributed by atoms with E-state index >= 15 is 0 Å². The number of rotatable bonds is 7. The van der Waals surface area contributed by atoms with Crippen molar-refractivity contribution in [1.29, 1.82) is 0 Å². The number of nitrogens with one attached hydrogen (secondary N) is 2. The van der Waals surface area contributed by atoms with Gasteiger partial charge in [-0.15, -0.1) is 0 Å². The molecule has 1 rings (SSSR count). The van der Waals surface area contributed by atoms with Gasteiger partial charge in [-0.2, -0.15) is 11.8 Å². The van der Waals surface area contributed by atoms with Crippen LogP contribution in [-0.4, -0.2) is 61.1 Å². The molecule has 1 atom stereocenters. The van der Waals surface area contributed by atoms with Crippen molar-refractivity contribution in [2.45, 2.75) is 26.3 Å². The number of hydrogen-bond acceptors (Lipinski definition) is 4. The molecule has 1 heterocycles. The largest absolute Gasteiger partial charge is 0.353 e. The molecule has 2 N–H and O–H groups in total. The van der Waals surface area contributed by atoms with Crippen molar-refractivity contribution in [3.05, 3.63) is 0 Å². The maximum Gasteiger partial charge on any atom is 0.234 e. The van der Waals surface area contributed by atoms with E-state index in [4.69, 9.17) is 0 Å². The molecule has 0 saturated carbocycles. The SMILES string of the molecule is CCSCCC(C)NC(=O)CN1CCNCC1. The van der Waals surface area contributed by atoms with Crippen LogP contribution in [0.1, 0.15) is 20.3 Å². The lowest BCUT2D eigenvalue weighted by Crippen LogP contribution is -2.48. The fraction of sp³-hybridized carbons (Fsp3) is 0.917. The Bertz CT molecular complexity index is 220. The number of piperazine rings is 1. The van der Waals surface area contributed by atoms with Crippen LogP contribution in [-0.2, 0) is 4.79 Å². The van der Waals surface area contributed by atoms with Crippen LogP contribution in [0.4, 0.5) is 0 Å². The summed E-state index contributed by atoms with van der Waals surface area (Å²) >= 11 is 1.93. The highest BCUT2D eigenvalue weighted by molar-refractivity contribution is 7.99. The van der Waals surface area contributed by atoms with Crippen LogP contribution < -0.4 is 10.6 Å². The number of nitrogens with zero attached hydrogens (tertiary/aromatic N) is 1. The highest BCUT2D eigenvalue weighted by atomic mass is 32.2. The third-order valence-corrected chi connectivity index (χ3v) is 3.82. The Kier molecular flexibility index (Phi) is 7.64. The molecule has 1 aliphatic rings. The Labute approximate surface area is 109 Å². The van der Waals surface area contributed by atoms with Gasteiger partial charge in [-0.3, -0.25) is 9.69 Å². The third-order valence-electron chi connectivity index (χ3n) is 2.88. The van der Waals surface area contributed by atoms with E-state index in [0.717, 1.165) is 44.1 Å². The van der Waals surface area contributed by atoms with Crippen molar-refractivity contribution in [3.63, 3.8) is 0 Å². The quantitative estimate of drug-likeness (QED) is 0.655. The molecule has 1 amide bonds. The van der Waals surface area contributed by atoms with E-state index in [9.17, 15) is 4.79 Å². The fourth-order valence-electron chi connectivity index (χ4n) is 1.87. The molecule has 0 aromatic heterocycles. The molecule has 5 heteroatoms. The normalized spacial score (nSPS) is 18.9. The second-order valence-corrected chi connectivity index (χ2v) is 5.87. The lowest BCUT2D eigenvalue weighted by Gasteiger charge is -2.27. The smallest absolute Gasteiger partial charge is 0.234 e. The molecule has 1 unspecified atom stereocenters. The molecule has 0 bridgehead atoms. The van der Waals surface area contributed by atoms with Gasteiger partial charge < -0.3 is 10.6 Å². The Hall–Kier alpha value is -0.260. The molecule has 0 aliphatic carbocycles. The van der Waals surface area contributed by atoms with Crippen molar-refractivity contribution in [2.24, 2.45) is 0 Å². The van der Waals surface area contributed by atoms with Gasteiger partial charge in [-0.05, 0) is 24.9 Å². The van der Waals surface area contributed by atoms with Gasteiger partial charge in [-0.1, -0.05) is 6.92 Å². The maximum absolute atomic E-state index is 11.8. The second-order valence-electron chi connectivity index (χ2n) is 4.48. The number of carbonyl (C=O) groups is 1. The maximum atomic E-state index is 11.8. The molecule has 0 aromatic rings. The first-order valence-electron chi connectivity index (χ1n) is 6.52. The second kappa shape index (κ2) is 8.78. The summed E-state index contributed by atoms with van der Waals surface area (Å²) in [7, 11) is 0. The van der Waals surface area contributed by atoms with Gasteiger partial charge in [0.05, 0.1) is 6.54 Å². The predicted molar refractivity (Wildman–Crippen MR) is 74.5 cm³/mol. The van der Waals surface area contributed by atoms with E-state index in [2.05, 4.69) is 29.4 Å². The highest BCUT2D eigenvalue weighted by Crippen LogP contribution is 2.03. The highest BCUT2D eigenvalue weighted by Gasteiger charge is 2.14. The van der Waals surface area contributed by atoms with E-state index < -0.39 is 0 Å². The average Bonchev–Trinajstić information content (AvgIpc) is 2.30. The van der Waals surface area contributed by atoms with Crippen LogP contribution in [0.2, 0.25) is 0 Å². The summed E-state index contributed by atoms with van der Waals surface area (Å²) in [6.45, 7) is 8.75. The zero-order valence-electron chi connectivity index (χ0n) is 11.0. The molecule has 0 spiro atoms. The average molecular weight is 259 g/mol. The first-order valence-corrected chi connectivity index (χ1v) is 7.68. The molecule has 1 aliphatic heterocycles. The van der Waals surface area contributed by atoms with Crippen LogP contribution in [0.15, 0.2) is 0 Å². The fourth-order valence-corrected chi connectivity index (χ4v) is 2.68. The zero-order valence-corrected chi connectivity index (χ0v) is 11.8. The molecule has 4 nitrogen and oxygen atoms in total. The topological polar surface area (TPSA) is 44.4 Å². The number of amides is 1.